The SMILES string of the molecule is CCCC(c1ccc(C(=O)Nc2ncc(Oc3ccc(NC(=O)NC(CC)CC)cc3COC)s2)cc1)C1CCNCC1. The van der Waals surface area contributed by atoms with E-state index in [0.29, 0.717) is 45.6 Å². The highest BCUT2D eigenvalue weighted by molar-refractivity contribution is 7.17. The Bertz CT molecular complexity index is 1320. The molecule has 0 saturated carbocycles. The van der Waals surface area contributed by atoms with E-state index in [1.54, 1.807) is 25.4 Å². The Labute approximate surface area is 259 Å². The van der Waals surface area contributed by atoms with Gasteiger partial charge >= 0.3 is 6.03 Å². The van der Waals surface area contributed by atoms with Crippen LogP contribution in [-0.4, -0.2) is 43.2 Å². The van der Waals surface area contributed by atoms with Gasteiger partial charge in [-0.2, -0.15) is 0 Å². The van der Waals surface area contributed by atoms with Gasteiger partial charge in [-0.15, -0.1) is 0 Å². The Morgan fingerprint density at radius 1 is 1.05 bits per heavy atom. The Morgan fingerprint density at radius 2 is 1.79 bits per heavy atom. The lowest BCUT2D eigenvalue weighted by Crippen LogP contribution is -2.37. The predicted octanol–water partition coefficient (Wildman–Crippen LogP) is 7.53. The highest BCUT2D eigenvalue weighted by atomic mass is 32.1. The minimum Gasteiger partial charge on any atom is -0.445 e. The number of carbonyl (C=O) groups excluding carboxylic acids is 2. The van der Waals surface area contributed by atoms with E-state index in [-0.39, 0.29) is 18.0 Å². The van der Waals surface area contributed by atoms with Crippen LogP contribution in [0.15, 0.2) is 48.7 Å². The molecule has 2 aromatic carbocycles. The minimum atomic E-state index is -0.245. The first-order valence-electron chi connectivity index (χ1n) is 15.4. The lowest BCUT2D eigenvalue weighted by atomic mass is 9.78. The van der Waals surface area contributed by atoms with E-state index in [9.17, 15) is 9.59 Å². The number of aromatic nitrogens is 1. The normalized spacial score (nSPS) is 14.3. The van der Waals surface area contributed by atoms with Crippen LogP contribution in [0.2, 0.25) is 0 Å². The third-order valence-corrected chi connectivity index (χ3v) is 8.80. The maximum Gasteiger partial charge on any atom is 0.319 e. The Morgan fingerprint density at radius 3 is 2.47 bits per heavy atom. The molecule has 4 rings (SSSR count). The summed E-state index contributed by atoms with van der Waals surface area (Å²) >= 11 is 1.25. The van der Waals surface area contributed by atoms with Crippen LogP contribution < -0.4 is 26.0 Å². The Hall–Kier alpha value is -3.47. The molecule has 3 aromatic rings. The summed E-state index contributed by atoms with van der Waals surface area (Å²) in [6.07, 6.45) is 8.03. The zero-order chi connectivity index (χ0) is 30.6. The van der Waals surface area contributed by atoms with E-state index in [0.717, 1.165) is 44.3 Å². The van der Waals surface area contributed by atoms with Gasteiger partial charge in [0.2, 0.25) is 5.06 Å². The van der Waals surface area contributed by atoms with Crippen molar-refractivity contribution in [2.24, 2.45) is 5.92 Å². The predicted molar refractivity (Wildman–Crippen MR) is 174 cm³/mol. The molecule has 1 unspecified atom stereocenters. The van der Waals surface area contributed by atoms with Crippen molar-refractivity contribution in [2.45, 2.75) is 77.9 Å². The molecule has 3 amide bonds. The second kappa shape index (κ2) is 16.4. The van der Waals surface area contributed by atoms with Gasteiger partial charge in [0.25, 0.3) is 5.91 Å². The first kappa shape index (κ1) is 32.4. The van der Waals surface area contributed by atoms with E-state index in [1.165, 1.54) is 29.7 Å². The number of hydrogen-bond donors (Lipinski definition) is 4. The Balaban J connectivity index is 1.37. The van der Waals surface area contributed by atoms with Crippen molar-refractivity contribution in [1.82, 2.24) is 15.6 Å². The molecule has 0 radical (unpaired) electrons. The molecular formula is C33H45N5O4S. The van der Waals surface area contributed by atoms with E-state index in [4.69, 9.17) is 9.47 Å². The summed E-state index contributed by atoms with van der Waals surface area (Å²) in [7, 11) is 1.61. The lowest BCUT2D eigenvalue weighted by molar-refractivity contribution is 0.102. The number of anilines is 2. The lowest BCUT2D eigenvalue weighted by Gasteiger charge is -2.31. The van der Waals surface area contributed by atoms with Gasteiger partial charge in [0, 0.05) is 30.0 Å². The molecular weight excluding hydrogens is 562 g/mol. The molecule has 1 aliphatic heterocycles. The maximum atomic E-state index is 13.0. The first-order chi connectivity index (χ1) is 20.9. The summed E-state index contributed by atoms with van der Waals surface area (Å²) in [4.78, 5) is 29.7. The van der Waals surface area contributed by atoms with Crippen LogP contribution in [0.1, 0.15) is 86.7 Å². The molecule has 1 fully saturated rings. The summed E-state index contributed by atoms with van der Waals surface area (Å²) < 4.78 is 11.5. The molecule has 43 heavy (non-hydrogen) atoms. The van der Waals surface area contributed by atoms with Crippen LogP contribution in [0.3, 0.4) is 0 Å². The number of methoxy groups -OCH3 is 1. The number of rotatable bonds is 14. The number of nitrogens with one attached hydrogen (secondary N) is 4. The first-order valence-corrected chi connectivity index (χ1v) is 16.2. The van der Waals surface area contributed by atoms with E-state index < -0.39 is 0 Å². The molecule has 0 spiro atoms. The molecule has 1 aromatic heterocycles. The topological polar surface area (TPSA) is 114 Å². The summed E-state index contributed by atoms with van der Waals surface area (Å²) in [5, 5.41) is 13.2. The van der Waals surface area contributed by atoms with E-state index in [1.807, 2.05) is 32.0 Å². The summed E-state index contributed by atoms with van der Waals surface area (Å²) in [6.45, 7) is 8.79. The Kier molecular flexibility index (Phi) is 12.4. The van der Waals surface area contributed by atoms with Crippen LogP contribution in [0.4, 0.5) is 15.6 Å². The van der Waals surface area contributed by atoms with Gasteiger partial charge in [0.05, 0.1) is 12.8 Å². The van der Waals surface area contributed by atoms with Crippen molar-refractivity contribution in [3.8, 4) is 10.8 Å². The number of thiazole rings is 1. The molecule has 10 heteroatoms. The number of urea groups is 1. The number of carbonyl (C=O) groups is 2. The van der Waals surface area contributed by atoms with Crippen molar-refractivity contribution < 1.29 is 19.1 Å². The third kappa shape index (κ3) is 9.26. The third-order valence-electron chi connectivity index (χ3n) is 8.01. The van der Waals surface area contributed by atoms with Crippen molar-refractivity contribution in [2.75, 3.05) is 30.8 Å². The minimum absolute atomic E-state index is 0.129. The number of piperidine rings is 1. The smallest absolute Gasteiger partial charge is 0.319 e. The van der Waals surface area contributed by atoms with Crippen LogP contribution in [0.25, 0.3) is 0 Å². The number of ether oxygens (including phenoxy) is 2. The van der Waals surface area contributed by atoms with Crippen molar-refractivity contribution in [1.29, 1.82) is 0 Å². The molecule has 9 nitrogen and oxygen atoms in total. The molecule has 0 bridgehead atoms. The van der Waals surface area contributed by atoms with Crippen molar-refractivity contribution >= 4 is 34.1 Å². The monoisotopic (exact) mass is 607 g/mol. The highest BCUT2D eigenvalue weighted by Gasteiger charge is 2.24. The summed E-state index contributed by atoms with van der Waals surface area (Å²) in [5.41, 5.74) is 3.33. The van der Waals surface area contributed by atoms with Crippen LogP contribution in [0, 0.1) is 5.92 Å². The average molecular weight is 608 g/mol. The fourth-order valence-electron chi connectivity index (χ4n) is 5.63. The average Bonchev–Trinajstić information content (AvgIpc) is 3.47. The standard InChI is InChI=1S/C33H45N5O4S/c1-5-8-28(23-15-17-34-18-16-23)22-9-11-24(12-10-22)31(39)38-33-35-20-30(43-33)42-29-14-13-27(19-25(29)21-41-4)37-32(40)36-26(6-2)7-3/h9-14,19-20,23,26,28,34H,5-8,15-18,21H2,1-4H3,(H,35,38,39)(H2,36,37,40). The summed E-state index contributed by atoms with van der Waals surface area (Å²) in [5.74, 6) is 1.59. The van der Waals surface area contributed by atoms with E-state index in [2.05, 4.69) is 45.3 Å². The van der Waals surface area contributed by atoms with Gasteiger partial charge in [-0.1, -0.05) is 50.7 Å². The van der Waals surface area contributed by atoms with Crippen LogP contribution in [0.5, 0.6) is 10.8 Å². The van der Waals surface area contributed by atoms with Gasteiger partial charge in [0.15, 0.2) is 5.13 Å². The van der Waals surface area contributed by atoms with E-state index >= 15 is 0 Å². The number of nitrogens with zero attached hydrogens (tertiary/aromatic N) is 1. The highest BCUT2D eigenvalue weighted by Crippen LogP contribution is 2.36. The largest absolute Gasteiger partial charge is 0.445 e. The molecule has 0 aliphatic carbocycles. The molecule has 232 valence electrons. The maximum absolute atomic E-state index is 13.0. The second-order valence-electron chi connectivity index (χ2n) is 11.0. The number of hydrogen-bond acceptors (Lipinski definition) is 7. The van der Waals surface area contributed by atoms with Gasteiger partial charge in [-0.25, -0.2) is 9.78 Å². The van der Waals surface area contributed by atoms with Gasteiger partial charge < -0.3 is 25.4 Å². The zero-order valence-corrected chi connectivity index (χ0v) is 26.5. The van der Waals surface area contributed by atoms with Crippen molar-refractivity contribution in [3.63, 3.8) is 0 Å². The fourth-order valence-corrected chi connectivity index (χ4v) is 6.30. The molecule has 4 N–H and O–H groups in total. The van der Waals surface area contributed by atoms with Crippen molar-refractivity contribution in [3.05, 3.63) is 65.4 Å². The molecule has 1 aliphatic rings. The van der Waals surface area contributed by atoms with Gasteiger partial charge in [0.1, 0.15) is 5.75 Å². The number of benzene rings is 2. The van der Waals surface area contributed by atoms with Crippen LogP contribution in [-0.2, 0) is 11.3 Å². The van der Waals surface area contributed by atoms with Crippen LogP contribution >= 0.6 is 11.3 Å². The van der Waals surface area contributed by atoms with Gasteiger partial charge in [-0.3, -0.25) is 10.1 Å². The fraction of sp³-hybridized carbons (Fsp3) is 0.485. The number of amides is 3. The van der Waals surface area contributed by atoms with Gasteiger partial charge in [-0.05, 0) is 92.9 Å². The second-order valence-corrected chi connectivity index (χ2v) is 12.0. The summed E-state index contributed by atoms with van der Waals surface area (Å²) in [6, 6.07) is 13.3. The zero-order valence-electron chi connectivity index (χ0n) is 25.7. The molecule has 1 atom stereocenters. The molecule has 2 heterocycles. The molecule has 1 saturated heterocycles. The quantitative estimate of drug-likeness (QED) is 0.151.